The van der Waals surface area contributed by atoms with E-state index in [9.17, 15) is 4.79 Å². The molecule has 1 rings (SSSR count). The van der Waals surface area contributed by atoms with Crippen LogP contribution in [0, 0.1) is 12.8 Å². The van der Waals surface area contributed by atoms with E-state index in [4.69, 9.17) is 4.74 Å². The topological polar surface area (TPSA) is 51.2 Å². The molecule has 0 fully saturated rings. The number of carbonyl (C=O) groups is 1. The van der Waals surface area contributed by atoms with Gasteiger partial charge in [-0.25, -0.2) is 9.78 Å². The molecule has 0 aliphatic rings. The van der Waals surface area contributed by atoms with Crippen molar-refractivity contribution in [3.63, 3.8) is 0 Å². The number of hydrogen-bond donors (Lipinski definition) is 1. The van der Waals surface area contributed by atoms with E-state index < -0.39 is 0 Å². The Morgan fingerprint density at radius 1 is 1.67 bits per heavy atom. The van der Waals surface area contributed by atoms with E-state index in [2.05, 4.69) is 10.3 Å². The Balaban J connectivity index is 2.22. The largest absolute Gasteiger partial charge is 0.449 e. The molecule has 5 heteroatoms. The average Bonchev–Trinajstić information content (AvgIpc) is 2.58. The molecule has 4 nitrogen and oxygen atoms in total. The minimum Gasteiger partial charge on any atom is -0.449 e. The maximum Gasteiger partial charge on any atom is 0.407 e. The van der Waals surface area contributed by atoms with Crippen molar-refractivity contribution >= 4 is 17.4 Å². The molecule has 0 atom stereocenters. The number of thiazole rings is 1. The normalized spacial score (nSPS) is 10.4. The number of carbonyl (C=O) groups excluding carboxylic acids is 1. The molecule has 84 valence electrons. The van der Waals surface area contributed by atoms with Crippen LogP contribution in [0.5, 0.6) is 0 Å². The minimum atomic E-state index is -0.380. The molecule has 0 saturated heterocycles. The van der Waals surface area contributed by atoms with Gasteiger partial charge in [0, 0.05) is 5.38 Å². The van der Waals surface area contributed by atoms with Crippen LogP contribution in [0.1, 0.15) is 24.5 Å². The summed E-state index contributed by atoms with van der Waals surface area (Å²) in [5.41, 5.74) is 0.874. The predicted octanol–water partition coefficient (Wildman–Crippen LogP) is 2.33. The maximum absolute atomic E-state index is 11.2. The zero-order chi connectivity index (χ0) is 11.3. The number of alkyl carbamates (subject to hydrolysis) is 1. The Hall–Kier alpha value is -1.10. The van der Waals surface area contributed by atoms with Crippen molar-refractivity contribution in [3.8, 4) is 0 Å². The number of aromatic nitrogens is 1. The zero-order valence-corrected chi connectivity index (χ0v) is 10.1. The molecule has 1 heterocycles. The summed E-state index contributed by atoms with van der Waals surface area (Å²) in [6.07, 6.45) is -0.380. The van der Waals surface area contributed by atoms with Gasteiger partial charge < -0.3 is 10.1 Å². The molecular formula is C10H16N2O2S. The lowest BCUT2D eigenvalue weighted by molar-refractivity contribution is 0.132. The van der Waals surface area contributed by atoms with E-state index in [0.717, 1.165) is 10.7 Å². The Labute approximate surface area is 93.7 Å². The lowest BCUT2D eigenvalue weighted by atomic mass is 10.2. The quantitative estimate of drug-likeness (QED) is 0.860. The van der Waals surface area contributed by atoms with E-state index in [1.165, 1.54) is 0 Å². The molecule has 0 unspecified atom stereocenters. The average molecular weight is 228 g/mol. The number of aryl methyl sites for hydroxylation is 1. The van der Waals surface area contributed by atoms with Gasteiger partial charge in [-0.15, -0.1) is 11.3 Å². The highest BCUT2D eigenvalue weighted by Gasteiger charge is 2.04. The van der Waals surface area contributed by atoms with Gasteiger partial charge >= 0.3 is 6.09 Å². The van der Waals surface area contributed by atoms with Crippen LogP contribution >= 0.6 is 11.3 Å². The first-order valence-corrected chi connectivity index (χ1v) is 5.77. The maximum atomic E-state index is 11.2. The fourth-order valence-corrected chi connectivity index (χ4v) is 1.56. The highest BCUT2D eigenvalue weighted by molar-refractivity contribution is 7.09. The van der Waals surface area contributed by atoms with Gasteiger partial charge in [0.25, 0.3) is 0 Å². The Morgan fingerprint density at radius 3 is 2.93 bits per heavy atom. The minimum absolute atomic E-state index is 0.359. The van der Waals surface area contributed by atoms with Crippen LogP contribution in [0.25, 0.3) is 0 Å². The molecule has 1 N–H and O–H groups in total. The van der Waals surface area contributed by atoms with Gasteiger partial charge in [-0.05, 0) is 12.8 Å². The van der Waals surface area contributed by atoms with E-state index in [1.54, 1.807) is 11.3 Å². The number of nitrogens with one attached hydrogen (secondary N) is 1. The Bertz CT molecular complexity index is 323. The number of nitrogens with zero attached hydrogens (tertiary/aromatic N) is 1. The third-order valence-corrected chi connectivity index (χ3v) is 2.45. The molecule has 0 aromatic carbocycles. The first-order valence-electron chi connectivity index (χ1n) is 4.89. The van der Waals surface area contributed by atoms with Crippen molar-refractivity contribution in [3.05, 3.63) is 16.1 Å². The van der Waals surface area contributed by atoms with Crippen molar-refractivity contribution in [2.24, 2.45) is 5.92 Å². The summed E-state index contributed by atoms with van der Waals surface area (Å²) >= 11 is 1.57. The van der Waals surface area contributed by atoms with Crippen LogP contribution in [-0.4, -0.2) is 17.7 Å². The lowest BCUT2D eigenvalue weighted by Crippen LogP contribution is -2.25. The smallest absolute Gasteiger partial charge is 0.407 e. The number of rotatable bonds is 4. The molecule has 15 heavy (non-hydrogen) atoms. The third-order valence-electron chi connectivity index (χ3n) is 1.63. The molecule has 1 aromatic rings. The fraction of sp³-hybridized carbons (Fsp3) is 0.600. The Morgan fingerprint density at radius 2 is 2.40 bits per heavy atom. The van der Waals surface area contributed by atoms with Crippen molar-refractivity contribution in [1.29, 1.82) is 0 Å². The van der Waals surface area contributed by atoms with Gasteiger partial charge in [0.15, 0.2) is 0 Å². The van der Waals surface area contributed by atoms with Crippen LogP contribution in [0.15, 0.2) is 5.38 Å². The van der Waals surface area contributed by atoms with E-state index >= 15 is 0 Å². The monoisotopic (exact) mass is 228 g/mol. The lowest BCUT2D eigenvalue weighted by Gasteiger charge is -2.07. The number of ether oxygens (including phenoxy) is 1. The highest BCUT2D eigenvalue weighted by Crippen LogP contribution is 2.07. The summed E-state index contributed by atoms with van der Waals surface area (Å²) in [6.45, 7) is 6.81. The standard InChI is InChI=1S/C10H16N2O2S/c1-7(2)5-14-10(13)11-4-9-6-15-8(3)12-9/h6-7H,4-5H2,1-3H3,(H,11,13). The van der Waals surface area contributed by atoms with Gasteiger partial charge in [-0.1, -0.05) is 13.8 Å². The summed E-state index contributed by atoms with van der Waals surface area (Å²) in [7, 11) is 0. The highest BCUT2D eigenvalue weighted by atomic mass is 32.1. The third kappa shape index (κ3) is 4.78. The number of hydrogen-bond acceptors (Lipinski definition) is 4. The molecule has 0 aliphatic heterocycles. The molecule has 1 aromatic heterocycles. The summed E-state index contributed by atoms with van der Waals surface area (Å²) in [6, 6.07) is 0. The first kappa shape index (κ1) is 12.0. The van der Waals surface area contributed by atoms with Gasteiger partial charge in [-0.3, -0.25) is 0 Å². The fourth-order valence-electron chi connectivity index (χ4n) is 0.946. The molecular weight excluding hydrogens is 212 g/mol. The van der Waals surface area contributed by atoms with Gasteiger partial charge in [0.05, 0.1) is 23.9 Å². The van der Waals surface area contributed by atoms with Gasteiger partial charge in [0.2, 0.25) is 0 Å². The summed E-state index contributed by atoms with van der Waals surface area (Å²) in [5.74, 6) is 0.359. The second-order valence-corrected chi connectivity index (χ2v) is 4.77. The zero-order valence-electron chi connectivity index (χ0n) is 9.24. The summed E-state index contributed by atoms with van der Waals surface area (Å²) in [5, 5.41) is 5.58. The molecule has 1 amide bonds. The van der Waals surface area contributed by atoms with Crippen LogP contribution in [-0.2, 0) is 11.3 Å². The SMILES string of the molecule is Cc1nc(CNC(=O)OCC(C)C)cs1. The second-order valence-electron chi connectivity index (χ2n) is 3.70. The molecule has 0 aliphatic carbocycles. The first-order chi connectivity index (χ1) is 7.08. The van der Waals surface area contributed by atoms with Crippen molar-refractivity contribution in [2.45, 2.75) is 27.3 Å². The summed E-state index contributed by atoms with van der Waals surface area (Å²) < 4.78 is 4.96. The molecule has 0 radical (unpaired) electrons. The van der Waals surface area contributed by atoms with Crippen LogP contribution in [0.2, 0.25) is 0 Å². The van der Waals surface area contributed by atoms with Crippen molar-refractivity contribution < 1.29 is 9.53 Å². The Kier molecular flexibility index (Phi) is 4.55. The van der Waals surface area contributed by atoms with Crippen LogP contribution in [0.3, 0.4) is 0 Å². The van der Waals surface area contributed by atoms with Gasteiger partial charge in [-0.2, -0.15) is 0 Å². The molecule has 0 bridgehead atoms. The second kappa shape index (κ2) is 5.70. The van der Waals surface area contributed by atoms with E-state index in [-0.39, 0.29) is 6.09 Å². The number of amides is 1. The van der Waals surface area contributed by atoms with Crippen molar-refractivity contribution in [2.75, 3.05) is 6.61 Å². The van der Waals surface area contributed by atoms with Crippen LogP contribution < -0.4 is 5.32 Å². The summed E-state index contributed by atoms with van der Waals surface area (Å²) in [4.78, 5) is 15.4. The van der Waals surface area contributed by atoms with Gasteiger partial charge in [0.1, 0.15) is 0 Å². The van der Waals surface area contributed by atoms with E-state index in [0.29, 0.717) is 19.1 Å². The molecule has 0 spiro atoms. The van der Waals surface area contributed by atoms with Crippen LogP contribution in [0.4, 0.5) is 4.79 Å². The predicted molar refractivity (Wildman–Crippen MR) is 59.9 cm³/mol. The van der Waals surface area contributed by atoms with Crippen molar-refractivity contribution in [1.82, 2.24) is 10.3 Å². The van der Waals surface area contributed by atoms with E-state index in [1.807, 2.05) is 26.2 Å². The molecule has 0 saturated carbocycles.